The summed E-state index contributed by atoms with van der Waals surface area (Å²) in [6.45, 7) is 3.79. The van der Waals surface area contributed by atoms with Crippen molar-refractivity contribution in [1.29, 1.82) is 0 Å². The number of rotatable bonds is 10. The molecule has 0 aliphatic carbocycles. The van der Waals surface area contributed by atoms with E-state index in [1.807, 2.05) is 24.3 Å². The molecule has 4 nitrogen and oxygen atoms in total. The summed E-state index contributed by atoms with van der Waals surface area (Å²) in [6, 6.07) is 16.3. The minimum Gasteiger partial charge on any atom is -0.497 e. The molecule has 0 heterocycles. The van der Waals surface area contributed by atoms with Crippen LogP contribution in [0.2, 0.25) is 0 Å². The Morgan fingerprint density at radius 2 is 1.04 bits per heavy atom. The van der Waals surface area contributed by atoms with Gasteiger partial charge in [0.2, 0.25) is 0 Å². The van der Waals surface area contributed by atoms with Gasteiger partial charge in [-0.05, 0) is 54.9 Å². The van der Waals surface area contributed by atoms with E-state index in [1.54, 1.807) is 14.2 Å². The van der Waals surface area contributed by atoms with Gasteiger partial charge in [-0.25, -0.2) is 0 Å². The average Bonchev–Trinajstić information content (AvgIpc) is 2.62. The first-order chi connectivity index (χ1) is 11.3. The quantitative estimate of drug-likeness (QED) is 0.662. The second-order valence-corrected chi connectivity index (χ2v) is 5.40. The summed E-state index contributed by atoms with van der Waals surface area (Å²) in [5.41, 5.74) is 2.55. The van der Waals surface area contributed by atoms with Gasteiger partial charge >= 0.3 is 0 Å². The normalized spacial score (nSPS) is 10.5. The van der Waals surface area contributed by atoms with Crippen LogP contribution in [0.5, 0.6) is 11.5 Å². The Bertz CT molecular complexity index is 501. The molecule has 0 saturated heterocycles. The number of methoxy groups -OCH3 is 2. The number of hydrogen-bond donors (Lipinski definition) is 2. The molecule has 2 aromatic rings. The molecule has 0 aliphatic heterocycles. The number of ether oxygens (including phenoxy) is 2. The average molecular weight is 314 g/mol. The highest BCUT2D eigenvalue weighted by Gasteiger charge is 1.96. The summed E-state index contributed by atoms with van der Waals surface area (Å²) in [7, 11) is 3.37. The molecule has 0 aliphatic rings. The third-order valence-electron chi connectivity index (χ3n) is 3.68. The molecule has 0 saturated carbocycles. The van der Waals surface area contributed by atoms with Crippen molar-refractivity contribution in [2.45, 2.75) is 19.5 Å². The largest absolute Gasteiger partial charge is 0.497 e. The van der Waals surface area contributed by atoms with Gasteiger partial charge in [-0.1, -0.05) is 24.3 Å². The van der Waals surface area contributed by atoms with Crippen LogP contribution in [0.15, 0.2) is 48.5 Å². The fourth-order valence-corrected chi connectivity index (χ4v) is 2.29. The van der Waals surface area contributed by atoms with E-state index < -0.39 is 0 Å². The molecule has 0 aromatic heterocycles. The molecule has 23 heavy (non-hydrogen) atoms. The van der Waals surface area contributed by atoms with Crippen LogP contribution in [0.3, 0.4) is 0 Å². The Hall–Kier alpha value is -2.04. The molecule has 0 spiro atoms. The molecule has 2 aromatic carbocycles. The van der Waals surface area contributed by atoms with Crippen molar-refractivity contribution in [1.82, 2.24) is 10.6 Å². The van der Waals surface area contributed by atoms with E-state index in [-0.39, 0.29) is 0 Å². The highest BCUT2D eigenvalue weighted by molar-refractivity contribution is 5.27. The standard InChI is InChI=1S/C19H26N2O2/c1-22-18-8-4-16(5-9-18)14-20-12-3-13-21-15-17-6-10-19(23-2)11-7-17/h4-11,20-21H,3,12-15H2,1-2H3. The molecular formula is C19H26N2O2. The lowest BCUT2D eigenvalue weighted by Gasteiger charge is -2.08. The maximum absolute atomic E-state index is 5.15. The van der Waals surface area contributed by atoms with Gasteiger partial charge in [0.1, 0.15) is 11.5 Å². The van der Waals surface area contributed by atoms with Gasteiger partial charge in [0.15, 0.2) is 0 Å². The smallest absolute Gasteiger partial charge is 0.118 e. The van der Waals surface area contributed by atoms with Gasteiger partial charge in [0.25, 0.3) is 0 Å². The number of nitrogens with one attached hydrogen (secondary N) is 2. The van der Waals surface area contributed by atoms with E-state index in [2.05, 4.69) is 34.9 Å². The molecule has 0 radical (unpaired) electrons. The zero-order chi connectivity index (χ0) is 16.3. The SMILES string of the molecule is COc1ccc(CNCCCNCc2ccc(OC)cc2)cc1. The molecule has 0 fully saturated rings. The Balaban J connectivity index is 1.53. The summed E-state index contributed by atoms with van der Waals surface area (Å²) >= 11 is 0. The second-order valence-electron chi connectivity index (χ2n) is 5.40. The monoisotopic (exact) mass is 314 g/mol. The van der Waals surface area contributed by atoms with E-state index in [9.17, 15) is 0 Å². The highest BCUT2D eigenvalue weighted by atomic mass is 16.5. The highest BCUT2D eigenvalue weighted by Crippen LogP contribution is 2.11. The van der Waals surface area contributed by atoms with Crippen molar-refractivity contribution in [3.05, 3.63) is 59.7 Å². The molecule has 0 atom stereocenters. The van der Waals surface area contributed by atoms with E-state index in [4.69, 9.17) is 9.47 Å². The third-order valence-corrected chi connectivity index (χ3v) is 3.68. The fraction of sp³-hybridized carbons (Fsp3) is 0.368. The van der Waals surface area contributed by atoms with Gasteiger partial charge in [-0.2, -0.15) is 0 Å². The van der Waals surface area contributed by atoms with E-state index >= 15 is 0 Å². The van der Waals surface area contributed by atoms with Gasteiger partial charge in [-0.3, -0.25) is 0 Å². The second kappa shape index (κ2) is 9.87. The van der Waals surface area contributed by atoms with Crippen LogP contribution in [0.25, 0.3) is 0 Å². The summed E-state index contributed by atoms with van der Waals surface area (Å²) in [4.78, 5) is 0. The van der Waals surface area contributed by atoms with Crippen LogP contribution < -0.4 is 20.1 Å². The molecular weight excluding hydrogens is 288 g/mol. The predicted octanol–water partition coefficient (Wildman–Crippen LogP) is 2.97. The van der Waals surface area contributed by atoms with E-state index in [0.29, 0.717) is 0 Å². The Morgan fingerprint density at radius 3 is 1.39 bits per heavy atom. The molecule has 0 amide bonds. The zero-order valence-electron chi connectivity index (χ0n) is 14.0. The summed E-state index contributed by atoms with van der Waals surface area (Å²) < 4.78 is 10.3. The summed E-state index contributed by atoms with van der Waals surface area (Å²) in [5, 5.41) is 6.91. The van der Waals surface area contributed by atoms with Crippen molar-refractivity contribution in [2.75, 3.05) is 27.3 Å². The summed E-state index contributed by atoms with van der Waals surface area (Å²) in [5.74, 6) is 1.80. The van der Waals surface area contributed by atoms with E-state index in [0.717, 1.165) is 44.1 Å². The first kappa shape index (κ1) is 17.3. The Labute approximate surface area is 138 Å². The van der Waals surface area contributed by atoms with Crippen LogP contribution in [0, 0.1) is 0 Å². The van der Waals surface area contributed by atoms with Crippen molar-refractivity contribution in [3.63, 3.8) is 0 Å². The molecule has 124 valence electrons. The fourth-order valence-electron chi connectivity index (χ4n) is 2.29. The van der Waals surface area contributed by atoms with Crippen LogP contribution in [-0.4, -0.2) is 27.3 Å². The first-order valence-corrected chi connectivity index (χ1v) is 7.99. The number of benzene rings is 2. The van der Waals surface area contributed by atoms with Crippen LogP contribution >= 0.6 is 0 Å². The summed E-state index contributed by atoms with van der Waals surface area (Å²) in [6.07, 6.45) is 1.10. The molecule has 4 heteroatoms. The lowest BCUT2D eigenvalue weighted by atomic mass is 10.2. The lowest BCUT2D eigenvalue weighted by molar-refractivity contribution is 0.414. The minimum absolute atomic E-state index is 0.891. The molecule has 0 unspecified atom stereocenters. The minimum atomic E-state index is 0.891. The van der Waals surface area contributed by atoms with Crippen LogP contribution in [-0.2, 0) is 13.1 Å². The van der Waals surface area contributed by atoms with Gasteiger partial charge < -0.3 is 20.1 Å². The zero-order valence-corrected chi connectivity index (χ0v) is 14.0. The maximum Gasteiger partial charge on any atom is 0.118 e. The van der Waals surface area contributed by atoms with Gasteiger partial charge in [-0.15, -0.1) is 0 Å². The van der Waals surface area contributed by atoms with Crippen molar-refractivity contribution in [2.24, 2.45) is 0 Å². The third kappa shape index (κ3) is 6.30. The van der Waals surface area contributed by atoms with Crippen molar-refractivity contribution in [3.8, 4) is 11.5 Å². The van der Waals surface area contributed by atoms with Crippen molar-refractivity contribution < 1.29 is 9.47 Å². The molecule has 2 N–H and O–H groups in total. The van der Waals surface area contributed by atoms with E-state index in [1.165, 1.54) is 11.1 Å². The first-order valence-electron chi connectivity index (χ1n) is 7.99. The lowest BCUT2D eigenvalue weighted by Crippen LogP contribution is -2.21. The topological polar surface area (TPSA) is 42.5 Å². The van der Waals surface area contributed by atoms with Crippen LogP contribution in [0.4, 0.5) is 0 Å². The van der Waals surface area contributed by atoms with Crippen LogP contribution in [0.1, 0.15) is 17.5 Å². The maximum atomic E-state index is 5.15. The predicted molar refractivity (Wildman–Crippen MR) is 94.0 cm³/mol. The van der Waals surface area contributed by atoms with Gasteiger partial charge in [0, 0.05) is 13.1 Å². The Morgan fingerprint density at radius 1 is 0.652 bits per heavy atom. The molecule has 2 rings (SSSR count). The number of hydrogen-bond acceptors (Lipinski definition) is 4. The van der Waals surface area contributed by atoms with Gasteiger partial charge in [0.05, 0.1) is 14.2 Å². The Kier molecular flexibility index (Phi) is 7.43. The van der Waals surface area contributed by atoms with Crippen molar-refractivity contribution >= 4 is 0 Å². The molecule has 0 bridgehead atoms.